The number of carbonyl (C=O) groups is 2. The average Bonchev–Trinajstić information content (AvgIpc) is 3.25. The minimum absolute atomic E-state index is 0.236. The maximum atomic E-state index is 12.5. The molecule has 0 spiro atoms. The van der Waals surface area contributed by atoms with Crippen LogP contribution in [0.3, 0.4) is 0 Å². The summed E-state index contributed by atoms with van der Waals surface area (Å²) in [5.74, 6) is -1.06. The Morgan fingerprint density at radius 3 is 2.45 bits per heavy atom. The average molecular weight is 443 g/mol. The van der Waals surface area contributed by atoms with Gasteiger partial charge in [-0.3, -0.25) is 9.10 Å². The molecule has 1 amide bonds. The Kier molecular flexibility index (Phi) is 7.22. The zero-order valence-electron chi connectivity index (χ0n) is 16.1. The molecule has 0 unspecified atom stereocenters. The fraction of sp³-hybridized carbons (Fsp3) is 0.333. The van der Waals surface area contributed by atoms with Gasteiger partial charge in [0.05, 0.1) is 19.3 Å². The van der Waals surface area contributed by atoms with E-state index in [1.54, 1.807) is 23.6 Å². The number of rotatable bonds is 9. The lowest BCUT2D eigenvalue weighted by atomic mass is 10.1. The first-order valence-electron chi connectivity index (χ1n) is 8.41. The van der Waals surface area contributed by atoms with Crippen LogP contribution in [0.15, 0.2) is 46.0 Å². The summed E-state index contributed by atoms with van der Waals surface area (Å²) in [5.41, 5.74) is -1.41. The van der Waals surface area contributed by atoms with Crippen LogP contribution in [-0.2, 0) is 24.3 Å². The molecular formula is C18H22N2O7S2. The molecule has 29 heavy (non-hydrogen) atoms. The van der Waals surface area contributed by atoms with Crippen molar-refractivity contribution in [1.82, 2.24) is 5.32 Å². The smallest absolute Gasteiger partial charge is 0.339 e. The van der Waals surface area contributed by atoms with Crippen LogP contribution in [0.5, 0.6) is 5.75 Å². The number of anilines is 1. The van der Waals surface area contributed by atoms with Crippen molar-refractivity contribution in [2.75, 3.05) is 31.6 Å². The maximum Gasteiger partial charge on any atom is 0.339 e. The number of thiophene rings is 1. The Bertz CT molecular complexity index is 939. The van der Waals surface area contributed by atoms with Gasteiger partial charge in [-0.2, -0.15) is 0 Å². The number of amides is 1. The molecule has 2 rings (SSSR count). The maximum absolute atomic E-state index is 12.5. The van der Waals surface area contributed by atoms with Crippen LogP contribution in [0.4, 0.5) is 5.69 Å². The number of hydrogen-bond donors (Lipinski definition) is 2. The van der Waals surface area contributed by atoms with Crippen LogP contribution in [0.2, 0.25) is 0 Å². The molecule has 0 fully saturated rings. The van der Waals surface area contributed by atoms with Gasteiger partial charge in [0.1, 0.15) is 9.96 Å². The van der Waals surface area contributed by atoms with E-state index in [9.17, 15) is 23.1 Å². The standard InChI is InChI=1S/C18H22N2O7S2/c1-18(23,17(22)26-3)12-19-15(21)11-27-14-8-6-13(7-9-14)20(2)29(24,25)16-5-4-10-28-16/h4-10,23H,11-12H2,1-3H3,(H,19,21)/t18-/m0/s1. The molecule has 0 saturated heterocycles. The highest BCUT2D eigenvalue weighted by atomic mass is 32.2. The first-order valence-corrected chi connectivity index (χ1v) is 10.7. The second-order valence-corrected chi connectivity index (χ2v) is 9.37. The number of aliphatic hydroxyl groups is 1. The number of carbonyl (C=O) groups excluding carboxylic acids is 2. The minimum Gasteiger partial charge on any atom is -0.484 e. The van der Waals surface area contributed by atoms with E-state index in [-0.39, 0.29) is 17.4 Å². The number of nitrogens with zero attached hydrogens (tertiary/aromatic N) is 1. The van der Waals surface area contributed by atoms with Gasteiger partial charge in [0.25, 0.3) is 15.9 Å². The van der Waals surface area contributed by atoms with Crippen molar-refractivity contribution in [3.8, 4) is 5.75 Å². The Balaban J connectivity index is 1.91. The number of methoxy groups -OCH3 is 1. The second-order valence-electron chi connectivity index (χ2n) is 6.23. The summed E-state index contributed by atoms with van der Waals surface area (Å²) in [7, 11) is -1.05. The topological polar surface area (TPSA) is 122 Å². The largest absolute Gasteiger partial charge is 0.484 e. The van der Waals surface area contributed by atoms with E-state index in [0.29, 0.717) is 11.4 Å². The predicted octanol–water partition coefficient (Wildman–Crippen LogP) is 0.992. The number of nitrogens with one attached hydrogen (secondary N) is 1. The fourth-order valence-corrected chi connectivity index (χ4v) is 4.56. The van der Waals surface area contributed by atoms with Crippen molar-refractivity contribution < 1.29 is 32.6 Å². The predicted molar refractivity (Wildman–Crippen MR) is 107 cm³/mol. The third-order valence-corrected chi connectivity index (χ3v) is 7.09. The van der Waals surface area contributed by atoms with E-state index in [2.05, 4.69) is 10.1 Å². The van der Waals surface area contributed by atoms with Crippen molar-refractivity contribution in [2.24, 2.45) is 0 Å². The lowest BCUT2D eigenvalue weighted by Crippen LogP contribution is -2.48. The van der Waals surface area contributed by atoms with Crippen LogP contribution >= 0.6 is 11.3 Å². The highest BCUT2D eigenvalue weighted by molar-refractivity contribution is 7.94. The summed E-state index contributed by atoms with van der Waals surface area (Å²) in [5, 5.41) is 13.9. The Hall–Kier alpha value is -2.63. The van der Waals surface area contributed by atoms with Crippen molar-refractivity contribution in [3.05, 3.63) is 41.8 Å². The van der Waals surface area contributed by atoms with Gasteiger partial charge in [0, 0.05) is 7.05 Å². The van der Waals surface area contributed by atoms with Crippen LogP contribution in [0.25, 0.3) is 0 Å². The molecular weight excluding hydrogens is 420 g/mol. The van der Waals surface area contributed by atoms with Gasteiger partial charge in [-0.25, -0.2) is 13.2 Å². The van der Waals surface area contributed by atoms with Crippen LogP contribution < -0.4 is 14.4 Å². The monoisotopic (exact) mass is 442 g/mol. The Morgan fingerprint density at radius 1 is 1.24 bits per heavy atom. The first-order chi connectivity index (χ1) is 13.6. The molecule has 1 heterocycles. The molecule has 0 aliphatic carbocycles. The summed E-state index contributed by atoms with van der Waals surface area (Å²) in [4.78, 5) is 23.2. The van der Waals surface area contributed by atoms with Crippen LogP contribution in [-0.4, -0.2) is 58.3 Å². The number of esters is 1. The van der Waals surface area contributed by atoms with E-state index in [1.807, 2.05) is 0 Å². The zero-order chi connectivity index (χ0) is 21.7. The van der Waals surface area contributed by atoms with E-state index in [0.717, 1.165) is 22.8 Å². The van der Waals surface area contributed by atoms with Crippen LogP contribution in [0, 0.1) is 0 Å². The molecule has 2 N–H and O–H groups in total. The number of hydrogen-bond acceptors (Lipinski definition) is 8. The zero-order valence-corrected chi connectivity index (χ0v) is 17.7. The fourth-order valence-electron chi connectivity index (χ4n) is 2.20. The van der Waals surface area contributed by atoms with Gasteiger partial charge in [0.2, 0.25) is 0 Å². The lowest BCUT2D eigenvalue weighted by Gasteiger charge is -2.20. The van der Waals surface area contributed by atoms with Crippen molar-refractivity contribution in [3.63, 3.8) is 0 Å². The molecule has 9 nitrogen and oxygen atoms in total. The Morgan fingerprint density at radius 2 is 1.90 bits per heavy atom. The van der Waals surface area contributed by atoms with Gasteiger partial charge in [-0.05, 0) is 42.6 Å². The summed E-state index contributed by atoms with van der Waals surface area (Å²) in [6.07, 6.45) is 0. The Labute approximate surface area is 172 Å². The quantitative estimate of drug-likeness (QED) is 0.555. The second kappa shape index (κ2) is 9.25. The highest BCUT2D eigenvalue weighted by Crippen LogP contribution is 2.26. The summed E-state index contributed by atoms with van der Waals surface area (Å²) in [6, 6.07) is 9.38. The molecule has 0 aliphatic heterocycles. The third-order valence-electron chi connectivity index (χ3n) is 3.94. The minimum atomic E-state index is -3.63. The first kappa shape index (κ1) is 22.7. The van der Waals surface area contributed by atoms with Crippen molar-refractivity contribution in [2.45, 2.75) is 16.7 Å². The molecule has 0 bridgehead atoms. The van der Waals surface area contributed by atoms with Gasteiger partial charge >= 0.3 is 5.97 Å². The number of benzene rings is 1. The SMILES string of the molecule is COC(=O)[C@@](C)(O)CNC(=O)COc1ccc(N(C)S(=O)(=O)c2cccs2)cc1. The van der Waals surface area contributed by atoms with Gasteiger partial charge in [0.15, 0.2) is 12.2 Å². The van der Waals surface area contributed by atoms with Gasteiger partial charge in [-0.15, -0.1) is 11.3 Å². The van der Waals surface area contributed by atoms with Gasteiger partial charge in [-0.1, -0.05) is 6.07 Å². The van der Waals surface area contributed by atoms with Crippen LogP contribution in [0.1, 0.15) is 6.92 Å². The van der Waals surface area contributed by atoms with E-state index < -0.39 is 27.5 Å². The summed E-state index contributed by atoms with van der Waals surface area (Å²) >= 11 is 1.13. The molecule has 1 atom stereocenters. The van der Waals surface area contributed by atoms with Crippen molar-refractivity contribution in [1.29, 1.82) is 0 Å². The molecule has 1 aromatic heterocycles. The van der Waals surface area contributed by atoms with Gasteiger partial charge < -0.3 is 19.9 Å². The highest BCUT2D eigenvalue weighted by Gasteiger charge is 2.31. The molecule has 0 saturated carbocycles. The summed E-state index contributed by atoms with van der Waals surface area (Å²) < 4.78 is 36.2. The third kappa shape index (κ3) is 5.68. The van der Waals surface area contributed by atoms with E-state index in [4.69, 9.17) is 4.74 Å². The number of sulfonamides is 1. The molecule has 158 valence electrons. The molecule has 11 heteroatoms. The molecule has 2 aromatic rings. The van der Waals surface area contributed by atoms with E-state index >= 15 is 0 Å². The molecule has 1 aromatic carbocycles. The van der Waals surface area contributed by atoms with Crippen molar-refractivity contribution >= 4 is 38.9 Å². The molecule has 0 radical (unpaired) electrons. The lowest BCUT2D eigenvalue weighted by molar-refractivity contribution is -0.160. The number of ether oxygens (including phenoxy) is 2. The van der Waals surface area contributed by atoms with E-state index in [1.165, 1.54) is 32.2 Å². The normalized spacial score (nSPS) is 13.2. The molecule has 0 aliphatic rings. The summed E-state index contributed by atoms with van der Waals surface area (Å²) in [6.45, 7) is 0.547.